The van der Waals surface area contributed by atoms with Gasteiger partial charge >= 0.3 is 0 Å². The molecule has 0 aliphatic carbocycles. The number of nitriles is 1. The summed E-state index contributed by atoms with van der Waals surface area (Å²) in [5.74, 6) is 0.446. The quantitative estimate of drug-likeness (QED) is 0.312. The average molecular weight is 342 g/mol. The molecule has 4 heteroatoms. The minimum Gasteiger partial charge on any atom is -0.496 e. The summed E-state index contributed by atoms with van der Waals surface area (Å²) < 4.78 is 5.29. The van der Waals surface area contributed by atoms with Crippen molar-refractivity contribution in [2.45, 2.75) is 6.92 Å². The summed E-state index contributed by atoms with van der Waals surface area (Å²) in [4.78, 5) is 16.1. The fraction of sp³-hybridized carbons (Fsp3) is 0.0909. The van der Waals surface area contributed by atoms with Gasteiger partial charge in [0.2, 0.25) is 5.78 Å². The van der Waals surface area contributed by atoms with Crippen LogP contribution in [0.2, 0.25) is 0 Å². The Morgan fingerprint density at radius 1 is 1.15 bits per heavy atom. The summed E-state index contributed by atoms with van der Waals surface area (Å²) in [5.41, 5.74) is 3.14. The molecular formula is C22H18N2O2. The Hall–Kier alpha value is -3.58. The molecule has 0 atom stereocenters. The summed E-state index contributed by atoms with van der Waals surface area (Å²) in [6.07, 6.45) is 5.04. The first-order chi connectivity index (χ1) is 12.7. The standard InChI is InChI=1S/C22H18N2O2/c1-15-21(18-11-4-5-12-19(18)24-15)22(25)17(14-23)10-7-9-16-8-3-6-13-20(16)26-2/h3-13,24H,1-2H3/b9-7+,17-10+. The highest BCUT2D eigenvalue weighted by Gasteiger charge is 2.19. The molecule has 26 heavy (non-hydrogen) atoms. The van der Waals surface area contributed by atoms with Crippen LogP contribution in [-0.2, 0) is 0 Å². The molecule has 0 saturated heterocycles. The number of hydrogen-bond acceptors (Lipinski definition) is 3. The number of nitrogens with zero attached hydrogens (tertiary/aromatic N) is 1. The number of carbonyl (C=O) groups is 1. The van der Waals surface area contributed by atoms with Crippen LogP contribution in [0.25, 0.3) is 17.0 Å². The highest BCUT2D eigenvalue weighted by molar-refractivity contribution is 6.19. The van der Waals surface area contributed by atoms with E-state index in [1.807, 2.05) is 67.6 Å². The number of benzene rings is 2. The number of para-hydroxylation sites is 2. The number of rotatable bonds is 5. The zero-order valence-corrected chi connectivity index (χ0v) is 14.6. The second kappa shape index (κ2) is 7.54. The fourth-order valence-corrected chi connectivity index (χ4v) is 2.92. The second-order valence-electron chi connectivity index (χ2n) is 5.79. The van der Waals surface area contributed by atoms with Crippen molar-refractivity contribution in [1.29, 1.82) is 5.26 Å². The van der Waals surface area contributed by atoms with Gasteiger partial charge < -0.3 is 9.72 Å². The van der Waals surface area contributed by atoms with Crippen LogP contribution in [0.1, 0.15) is 21.6 Å². The Labute approximate surface area is 152 Å². The SMILES string of the molecule is COc1ccccc1/C=C/C=C(\C#N)C(=O)c1c(C)[nH]c2ccccc12. The summed E-state index contributed by atoms with van der Waals surface area (Å²) >= 11 is 0. The lowest BCUT2D eigenvalue weighted by Crippen LogP contribution is -2.03. The number of carbonyl (C=O) groups excluding carboxylic acids is 1. The van der Waals surface area contributed by atoms with E-state index in [-0.39, 0.29) is 11.4 Å². The molecule has 0 aliphatic heterocycles. The van der Waals surface area contributed by atoms with Crippen molar-refractivity contribution in [3.8, 4) is 11.8 Å². The molecule has 0 amide bonds. The van der Waals surface area contributed by atoms with Crippen LogP contribution in [0, 0.1) is 18.3 Å². The van der Waals surface area contributed by atoms with Crippen molar-refractivity contribution in [2.24, 2.45) is 0 Å². The Kier molecular flexibility index (Phi) is 5.00. The maximum Gasteiger partial charge on any atom is 0.205 e. The van der Waals surface area contributed by atoms with Crippen LogP contribution in [0.5, 0.6) is 5.75 Å². The van der Waals surface area contributed by atoms with Crippen molar-refractivity contribution >= 4 is 22.8 Å². The molecule has 0 spiro atoms. The highest BCUT2D eigenvalue weighted by atomic mass is 16.5. The summed E-state index contributed by atoms with van der Waals surface area (Å²) in [5, 5.41) is 10.3. The molecule has 3 aromatic rings. The molecule has 1 heterocycles. The number of aromatic amines is 1. The molecule has 0 radical (unpaired) electrons. The van der Waals surface area contributed by atoms with Gasteiger partial charge in [-0.25, -0.2) is 0 Å². The maximum atomic E-state index is 12.9. The van der Waals surface area contributed by atoms with Crippen molar-refractivity contribution in [1.82, 2.24) is 4.98 Å². The van der Waals surface area contributed by atoms with E-state index in [2.05, 4.69) is 4.98 Å². The molecule has 0 saturated carbocycles. The third kappa shape index (κ3) is 3.28. The lowest BCUT2D eigenvalue weighted by atomic mass is 10.0. The number of ether oxygens (including phenoxy) is 1. The van der Waals surface area contributed by atoms with Gasteiger partial charge in [0.1, 0.15) is 17.4 Å². The van der Waals surface area contributed by atoms with Crippen LogP contribution < -0.4 is 4.74 Å². The second-order valence-corrected chi connectivity index (χ2v) is 5.79. The van der Waals surface area contributed by atoms with Gasteiger partial charge in [-0.3, -0.25) is 4.79 Å². The molecule has 1 N–H and O–H groups in total. The molecule has 0 bridgehead atoms. The minimum absolute atomic E-state index is 0.0870. The van der Waals surface area contributed by atoms with Gasteiger partial charge in [-0.1, -0.05) is 48.6 Å². The Morgan fingerprint density at radius 2 is 1.88 bits per heavy atom. The molecule has 1 aromatic heterocycles. The number of hydrogen-bond donors (Lipinski definition) is 1. The fourth-order valence-electron chi connectivity index (χ4n) is 2.92. The van der Waals surface area contributed by atoms with Gasteiger partial charge in [-0.15, -0.1) is 0 Å². The number of aryl methyl sites for hydroxylation is 1. The first kappa shape index (κ1) is 17.2. The van der Waals surface area contributed by atoms with Crippen LogP contribution in [0.4, 0.5) is 0 Å². The van der Waals surface area contributed by atoms with E-state index in [0.717, 1.165) is 27.9 Å². The van der Waals surface area contributed by atoms with E-state index in [1.54, 1.807) is 13.2 Å². The molecule has 0 fully saturated rings. The smallest absolute Gasteiger partial charge is 0.205 e. The van der Waals surface area contributed by atoms with E-state index in [9.17, 15) is 10.1 Å². The van der Waals surface area contributed by atoms with Crippen LogP contribution >= 0.6 is 0 Å². The summed E-state index contributed by atoms with van der Waals surface area (Å²) in [6, 6.07) is 17.1. The third-order valence-electron chi connectivity index (χ3n) is 4.16. The van der Waals surface area contributed by atoms with Crippen LogP contribution in [0.15, 0.2) is 66.3 Å². The number of fused-ring (bicyclic) bond motifs is 1. The number of Topliss-reactive ketones (excluding diaryl/α,β-unsaturated/α-hetero) is 1. The van der Waals surface area contributed by atoms with Gasteiger partial charge in [-0.05, 0) is 25.1 Å². The number of aromatic nitrogens is 1. The number of H-pyrrole nitrogens is 1. The molecular weight excluding hydrogens is 324 g/mol. The Balaban J connectivity index is 1.94. The normalized spacial score (nSPS) is 11.7. The summed E-state index contributed by atoms with van der Waals surface area (Å²) in [6.45, 7) is 1.84. The molecule has 0 unspecified atom stereocenters. The Morgan fingerprint density at radius 3 is 2.65 bits per heavy atom. The van der Waals surface area contributed by atoms with Crippen molar-refractivity contribution in [3.63, 3.8) is 0 Å². The van der Waals surface area contributed by atoms with Gasteiger partial charge in [-0.2, -0.15) is 5.26 Å². The average Bonchev–Trinajstić information content (AvgIpc) is 3.00. The van der Waals surface area contributed by atoms with Crippen molar-refractivity contribution < 1.29 is 9.53 Å². The van der Waals surface area contributed by atoms with Crippen LogP contribution in [-0.4, -0.2) is 17.9 Å². The lowest BCUT2D eigenvalue weighted by Gasteiger charge is -2.02. The first-order valence-electron chi connectivity index (χ1n) is 8.19. The van der Waals surface area contributed by atoms with E-state index in [0.29, 0.717) is 5.56 Å². The Bertz CT molecular complexity index is 1070. The van der Waals surface area contributed by atoms with Crippen molar-refractivity contribution in [3.05, 3.63) is 83.1 Å². The lowest BCUT2D eigenvalue weighted by molar-refractivity contribution is 0.104. The van der Waals surface area contributed by atoms with E-state index < -0.39 is 0 Å². The summed E-state index contributed by atoms with van der Waals surface area (Å²) in [7, 11) is 1.60. The number of nitrogens with one attached hydrogen (secondary N) is 1. The number of methoxy groups -OCH3 is 1. The van der Waals surface area contributed by atoms with Crippen LogP contribution in [0.3, 0.4) is 0 Å². The first-order valence-corrected chi connectivity index (χ1v) is 8.19. The topological polar surface area (TPSA) is 65.9 Å². The van der Waals surface area contributed by atoms with E-state index in [1.165, 1.54) is 6.08 Å². The van der Waals surface area contributed by atoms with Gasteiger partial charge in [0.05, 0.1) is 12.7 Å². The number of ketones is 1. The van der Waals surface area contributed by atoms with Gasteiger partial charge in [0, 0.05) is 22.2 Å². The third-order valence-corrected chi connectivity index (χ3v) is 4.16. The predicted octanol–water partition coefficient (Wildman–Crippen LogP) is 4.83. The minimum atomic E-state index is -0.285. The predicted molar refractivity (Wildman–Crippen MR) is 103 cm³/mol. The molecule has 128 valence electrons. The monoisotopic (exact) mass is 342 g/mol. The van der Waals surface area contributed by atoms with E-state index >= 15 is 0 Å². The highest BCUT2D eigenvalue weighted by Crippen LogP contribution is 2.24. The maximum absolute atomic E-state index is 12.9. The largest absolute Gasteiger partial charge is 0.496 e. The molecule has 4 nitrogen and oxygen atoms in total. The van der Waals surface area contributed by atoms with E-state index in [4.69, 9.17) is 4.74 Å². The van der Waals surface area contributed by atoms with Gasteiger partial charge in [0.25, 0.3) is 0 Å². The van der Waals surface area contributed by atoms with Crippen molar-refractivity contribution in [2.75, 3.05) is 7.11 Å². The zero-order valence-electron chi connectivity index (χ0n) is 14.6. The molecule has 2 aromatic carbocycles. The molecule has 3 rings (SSSR count). The van der Waals surface area contributed by atoms with Gasteiger partial charge in [0.15, 0.2) is 0 Å². The zero-order chi connectivity index (χ0) is 18.5. The number of allylic oxidation sites excluding steroid dienone is 3. The molecule has 0 aliphatic rings.